The Morgan fingerprint density at radius 3 is 2.77 bits per heavy atom. The Bertz CT molecular complexity index is 843. The molecule has 1 aromatic carbocycles. The minimum absolute atomic E-state index is 0.0502. The molecule has 0 saturated carbocycles. The van der Waals surface area contributed by atoms with Crippen molar-refractivity contribution in [3.05, 3.63) is 51.2 Å². The minimum atomic E-state index is 0.0502. The van der Waals surface area contributed by atoms with E-state index in [1.54, 1.807) is 18.4 Å². The van der Waals surface area contributed by atoms with Crippen LogP contribution in [0, 0.1) is 5.92 Å². The number of methoxy groups -OCH3 is 1. The first-order valence-corrected chi connectivity index (χ1v) is 11.8. The van der Waals surface area contributed by atoms with Gasteiger partial charge >= 0.3 is 0 Å². The van der Waals surface area contributed by atoms with E-state index < -0.39 is 0 Å². The van der Waals surface area contributed by atoms with E-state index in [1.807, 2.05) is 12.1 Å². The van der Waals surface area contributed by atoms with Crippen LogP contribution in [-0.4, -0.2) is 50.8 Å². The maximum absolute atomic E-state index is 13.0. The van der Waals surface area contributed by atoms with Crippen LogP contribution in [0.25, 0.3) is 0 Å². The van der Waals surface area contributed by atoms with Gasteiger partial charge in [0.05, 0.1) is 31.2 Å². The number of thiophene rings is 1. The van der Waals surface area contributed by atoms with Gasteiger partial charge in [-0.2, -0.15) is 0 Å². The molecule has 1 saturated heterocycles. The molecule has 2 aliphatic rings. The molecule has 2 heterocycles. The Labute approximate surface area is 183 Å². The molecule has 1 fully saturated rings. The van der Waals surface area contributed by atoms with Gasteiger partial charge in [-0.1, -0.05) is 25.5 Å². The molecule has 1 aromatic heterocycles. The summed E-state index contributed by atoms with van der Waals surface area (Å²) in [6.45, 7) is 6.07. The van der Waals surface area contributed by atoms with Crippen LogP contribution in [0.15, 0.2) is 30.3 Å². The van der Waals surface area contributed by atoms with Crippen molar-refractivity contribution in [1.82, 2.24) is 10.2 Å². The number of carbonyl (C=O) groups excluding carboxylic acids is 1. The van der Waals surface area contributed by atoms with Crippen LogP contribution in [0.3, 0.4) is 0 Å². The molecule has 1 aliphatic heterocycles. The van der Waals surface area contributed by atoms with Gasteiger partial charge in [0.1, 0.15) is 5.75 Å². The molecular formula is C24H32N2O3S. The summed E-state index contributed by atoms with van der Waals surface area (Å²) in [4.78, 5) is 17.6. The highest BCUT2D eigenvalue weighted by molar-refractivity contribution is 7.14. The van der Waals surface area contributed by atoms with Gasteiger partial charge in [-0.05, 0) is 54.5 Å². The fourth-order valence-electron chi connectivity index (χ4n) is 4.51. The number of hydrogen-bond donors (Lipinski definition) is 1. The van der Waals surface area contributed by atoms with Gasteiger partial charge in [0.2, 0.25) is 0 Å². The Hall–Kier alpha value is -1.89. The Morgan fingerprint density at radius 1 is 1.30 bits per heavy atom. The zero-order valence-corrected chi connectivity index (χ0v) is 18.8. The van der Waals surface area contributed by atoms with Crippen molar-refractivity contribution >= 4 is 17.2 Å². The van der Waals surface area contributed by atoms with Crippen molar-refractivity contribution in [3.8, 4) is 5.75 Å². The van der Waals surface area contributed by atoms with E-state index in [1.165, 1.54) is 28.8 Å². The Kier molecular flexibility index (Phi) is 7.08. The summed E-state index contributed by atoms with van der Waals surface area (Å²) < 4.78 is 10.8. The van der Waals surface area contributed by atoms with E-state index in [0.717, 1.165) is 55.7 Å². The summed E-state index contributed by atoms with van der Waals surface area (Å²) in [6, 6.07) is 10.4. The standard InChI is InChI=1S/C24H32N2O3S/c1-3-17-4-9-22-19(14-17)15-23(30-22)24(27)25-16-21(26-10-12-29-13-11-26)18-5-7-20(28-2)8-6-18/h5-8,15,17,21H,3-4,9-14,16H2,1-2H3,(H,25,27)/t17-,21-/m0/s1. The third-order valence-electron chi connectivity index (χ3n) is 6.43. The lowest BCUT2D eigenvalue weighted by Gasteiger charge is -2.35. The maximum atomic E-state index is 13.0. The van der Waals surface area contributed by atoms with Crippen LogP contribution in [-0.2, 0) is 17.6 Å². The molecule has 2 aromatic rings. The highest BCUT2D eigenvalue weighted by Gasteiger charge is 2.25. The Balaban J connectivity index is 1.45. The zero-order chi connectivity index (χ0) is 20.9. The molecule has 0 unspecified atom stereocenters. The van der Waals surface area contributed by atoms with E-state index in [9.17, 15) is 4.79 Å². The summed E-state index contributed by atoms with van der Waals surface area (Å²) in [5.41, 5.74) is 2.58. The summed E-state index contributed by atoms with van der Waals surface area (Å²) >= 11 is 1.68. The van der Waals surface area contributed by atoms with Gasteiger partial charge in [0, 0.05) is 24.5 Å². The molecule has 0 spiro atoms. The predicted octanol–water partition coefficient (Wildman–Crippen LogP) is 4.07. The van der Waals surface area contributed by atoms with Gasteiger partial charge in [-0.3, -0.25) is 9.69 Å². The van der Waals surface area contributed by atoms with Gasteiger partial charge in [0.15, 0.2) is 0 Å². The SMILES string of the molecule is CC[C@H]1CCc2sc(C(=O)NC[C@@H](c3ccc(OC)cc3)N3CCOCC3)cc2C1. The average Bonchev–Trinajstić information content (AvgIpc) is 3.23. The maximum Gasteiger partial charge on any atom is 0.261 e. The molecular weight excluding hydrogens is 396 g/mol. The number of rotatable bonds is 7. The predicted molar refractivity (Wildman–Crippen MR) is 121 cm³/mol. The van der Waals surface area contributed by atoms with Gasteiger partial charge in [-0.25, -0.2) is 0 Å². The fraction of sp³-hybridized carbons (Fsp3) is 0.542. The number of aryl methyl sites for hydroxylation is 1. The second-order valence-electron chi connectivity index (χ2n) is 8.22. The van der Waals surface area contributed by atoms with Crippen LogP contribution in [0.1, 0.15) is 51.5 Å². The van der Waals surface area contributed by atoms with Gasteiger partial charge in [-0.15, -0.1) is 11.3 Å². The summed E-state index contributed by atoms with van der Waals surface area (Å²) in [5.74, 6) is 1.66. The van der Waals surface area contributed by atoms with E-state index in [0.29, 0.717) is 6.54 Å². The summed E-state index contributed by atoms with van der Waals surface area (Å²) in [6.07, 6.45) is 4.72. The molecule has 162 valence electrons. The molecule has 6 heteroatoms. The lowest BCUT2D eigenvalue weighted by atomic mass is 9.87. The molecule has 30 heavy (non-hydrogen) atoms. The van der Waals surface area contributed by atoms with Crippen LogP contribution < -0.4 is 10.1 Å². The number of fused-ring (bicyclic) bond motifs is 1. The average molecular weight is 429 g/mol. The van der Waals surface area contributed by atoms with Crippen molar-refractivity contribution in [2.24, 2.45) is 5.92 Å². The fourth-order valence-corrected chi connectivity index (χ4v) is 5.63. The second-order valence-corrected chi connectivity index (χ2v) is 9.36. The van der Waals surface area contributed by atoms with Crippen LogP contribution >= 0.6 is 11.3 Å². The lowest BCUT2D eigenvalue weighted by Crippen LogP contribution is -2.43. The first kappa shape index (κ1) is 21.3. The number of amides is 1. The van der Waals surface area contributed by atoms with Crippen LogP contribution in [0.2, 0.25) is 0 Å². The third kappa shape index (κ3) is 4.88. The molecule has 1 N–H and O–H groups in total. The summed E-state index contributed by atoms with van der Waals surface area (Å²) in [7, 11) is 1.68. The quantitative estimate of drug-likeness (QED) is 0.722. The van der Waals surface area contributed by atoms with Crippen molar-refractivity contribution < 1.29 is 14.3 Å². The second kappa shape index (κ2) is 9.94. The van der Waals surface area contributed by atoms with Crippen LogP contribution in [0.5, 0.6) is 5.75 Å². The number of nitrogens with zero attached hydrogens (tertiary/aromatic N) is 1. The smallest absolute Gasteiger partial charge is 0.261 e. The van der Waals surface area contributed by atoms with Crippen LogP contribution in [0.4, 0.5) is 0 Å². The third-order valence-corrected chi connectivity index (χ3v) is 7.66. The van der Waals surface area contributed by atoms with E-state index >= 15 is 0 Å². The number of ether oxygens (including phenoxy) is 2. The first-order valence-electron chi connectivity index (χ1n) is 11.0. The van der Waals surface area contributed by atoms with Crippen molar-refractivity contribution in [2.75, 3.05) is 40.0 Å². The molecule has 4 rings (SSSR count). The largest absolute Gasteiger partial charge is 0.497 e. The highest BCUT2D eigenvalue weighted by Crippen LogP contribution is 2.33. The normalized spacial score (nSPS) is 20.4. The van der Waals surface area contributed by atoms with Gasteiger partial charge < -0.3 is 14.8 Å². The molecule has 1 amide bonds. The molecule has 1 aliphatic carbocycles. The number of morpholine rings is 1. The summed E-state index contributed by atoms with van der Waals surface area (Å²) in [5, 5.41) is 3.22. The number of carbonyl (C=O) groups is 1. The monoisotopic (exact) mass is 428 g/mol. The highest BCUT2D eigenvalue weighted by atomic mass is 32.1. The van der Waals surface area contributed by atoms with Crippen molar-refractivity contribution in [1.29, 1.82) is 0 Å². The topological polar surface area (TPSA) is 50.8 Å². The first-order chi connectivity index (χ1) is 14.7. The van der Waals surface area contributed by atoms with Crippen molar-refractivity contribution in [2.45, 2.75) is 38.6 Å². The van der Waals surface area contributed by atoms with Crippen molar-refractivity contribution in [3.63, 3.8) is 0 Å². The zero-order valence-electron chi connectivity index (χ0n) is 18.0. The number of nitrogens with one attached hydrogen (secondary N) is 1. The van der Waals surface area contributed by atoms with E-state index in [4.69, 9.17) is 9.47 Å². The number of hydrogen-bond acceptors (Lipinski definition) is 5. The number of benzene rings is 1. The van der Waals surface area contributed by atoms with Gasteiger partial charge in [0.25, 0.3) is 5.91 Å². The molecule has 0 radical (unpaired) electrons. The molecule has 2 atom stereocenters. The van der Waals surface area contributed by atoms with E-state index in [-0.39, 0.29) is 11.9 Å². The Morgan fingerprint density at radius 2 is 2.07 bits per heavy atom. The molecule has 5 nitrogen and oxygen atoms in total. The minimum Gasteiger partial charge on any atom is -0.497 e. The lowest BCUT2D eigenvalue weighted by molar-refractivity contribution is 0.0162. The van der Waals surface area contributed by atoms with E-state index in [2.05, 4.69) is 35.3 Å². The molecule has 0 bridgehead atoms.